The van der Waals surface area contributed by atoms with Crippen LogP contribution in [0.3, 0.4) is 0 Å². The molecule has 0 atom stereocenters. The van der Waals surface area contributed by atoms with Crippen molar-refractivity contribution in [1.29, 1.82) is 0 Å². The number of anilines is 2. The molecule has 0 unspecified atom stereocenters. The second-order valence-electron chi connectivity index (χ2n) is 13.8. The Morgan fingerprint density at radius 3 is 1.44 bits per heavy atom. The predicted octanol–water partition coefficient (Wildman–Crippen LogP) is 7.48. The first-order chi connectivity index (χ1) is 27.8. The molecule has 0 saturated carbocycles. The molecule has 0 fully saturated rings. The van der Waals surface area contributed by atoms with Crippen LogP contribution in [-0.4, -0.2) is 49.9 Å². The summed E-state index contributed by atoms with van der Waals surface area (Å²) in [5, 5.41) is 5.23. The Labute approximate surface area is 329 Å². The van der Waals surface area contributed by atoms with Gasteiger partial charge in [-0.2, -0.15) is 0 Å². The molecule has 4 aromatic rings. The summed E-state index contributed by atoms with van der Waals surface area (Å²) < 4.78 is 79.4. The second-order valence-corrected chi connectivity index (χ2v) is 19.7. The summed E-state index contributed by atoms with van der Waals surface area (Å²) in [6.07, 6.45) is 11.1. The van der Waals surface area contributed by atoms with Crippen molar-refractivity contribution < 1.29 is 53.2 Å². The van der Waals surface area contributed by atoms with Gasteiger partial charge in [0.15, 0.2) is 0 Å². The molecule has 4 aliphatic rings. The SMILES string of the molecule is O=C(Nc1ccc(F)[c]([Ti]([C]2=CC=CC2)([C]2=CC=CC2)[c]2c(F)ccc(NC(=O)c3ccccc3CC3=NCCO3)c2F)c1F)c1ccccc1CC1=NCCO1. The fourth-order valence-corrected chi connectivity index (χ4v) is 16.2. The standard InChI is InChI=1S/2C17H13F2N2O2.2C5H5.Ti/c2*18-12-5-6-15(14(19)10-12)21-17(22)13-4-2-1-3-11(13)9-16-20-7-8-23-16;2*1-2-4-5-3-1;/h2*1-6H,7-9H2,(H,21,22);2*1-3H,4H2;. The molecular formula is C44H36F4N4O4Ti. The Hall–Kier alpha value is -5.85. The van der Waals surface area contributed by atoms with Crippen LogP contribution in [-0.2, 0) is 38.9 Å². The van der Waals surface area contributed by atoms with Crippen LogP contribution in [0.2, 0.25) is 0 Å². The summed E-state index contributed by atoms with van der Waals surface area (Å²) in [4.78, 5) is 36.3. The number of amides is 2. The summed E-state index contributed by atoms with van der Waals surface area (Å²) in [6.45, 7) is 1.90. The molecule has 0 saturated heterocycles. The fourth-order valence-electron chi connectivity index (χ4n) is 7.88. The van der Waals surface area contributed by atoms with Crippen LogP contribution in [0.5, 0.6) is 0 Å². The summed E-state index contributed by atoms with van der Waals surface area (Å²) in [5.41, 5.74) is 0.912. The Morgan fingerprint density at radius 1 is 0.614 bits per heavy atom. The third kappa shape index (κ3) is 7.31. The topological polar surface area (TPSA) is 101 Å². The van der Waals surface area contributed by atoms with E-state index in [1.807, 2.05) is 0 Å². The molecule has 0 bridgehead atoms. The number of carbonyl (C=O) groups is 2. The van der Waals surface area contributed by atoms with Crippen molar-refractivity contribution in [1.82, 2.24) is 0 Å². The molecule has 0 spiro atoms. The predicted molar refractivity (Wildman–Crippen MR) is 208 cm³/mol. The van der Waals surface area contributed by atoms with Crippen molar-refractivity contribution in [2.24, 2.45) is 9.98 Å². The van der Waals surface area contributed by atoms with Gasteiger partial charge in [0.1, 0.15) is 0 Å². The number of rotatable bonds is 12. The minimum absolute atomic E-state index is 0.181. The number of hydrogen-bond donors (Lipinski definition) is 2. The van der Waals surface area contributed by atoms with Gasteiger partial charge in [-0.15, -0.1) is 0 Å². The average Bonchev–Trinajstić information content (AvgIpc) is 4.07. The second kappa shape index (κ2) is 16.3. The van der Waals surface area contributed by atoms with Crippen molar-refractivity contribution in [3.8, 4) is 0 Å². The number of carbonyl (C=O) groups excluding carboxylic acids is 2. The van der Waals surface area contributed by atoms with Crippen LogP contribution in [0.1, 0.15) is 44.7 Å². The van der Waals surface area contributed by atoms with Gasteiger partial charge < -0.3 is 0 Å². The van der Waals surface area contributed by atoms with Crippen LogP contribution < -0.4 is 18.4 Å². The normalized spacial score (nSPS) is 15.8. The first-order valence-electron chi connectivity index (χ1n) is 18.6. The number of hydrogen-bond acceptors (Lipinski definition) is 6. The number of ether oxygens (including phenoxy) is 2. The van der Waals surface area contributed by atoms with Crippen LogP contribution in [0.15, 0.2) is 127 Å². The van der Waals surface area contributed by atoms with Gasteiger partial charge in [0, 0.05) is 0 Å². The van der Waals surface area contributed by atoms with Crippen molar-refractivity contribution in [2.75, 3.05) is 36.9 Å². The van der Waals surface area contributed by atoms with Crippen molar-refractivity contribution in [2.45, 2.75) is 25.7 Å². The number of nitrogens with zero attached hydrogens (tertiary/aromatic N) is 2. The average molecular weight is 809 g/mol. The molecule has 57 heavy (non-hydrogen) atoms. The van der Waals surface area contributed by atoms with Crippen molar-refractivity contribution >= 4 is 42.7 Å². The summed E-state index contributed by atoms with van der Waals surface area (Å²) in [6, 6.07) is 17.7. The zero-order valence-electron chi connectivity index (χ0n) is 30.6. The van der Waals surface area contributed by atoms with E-state index >= 15 is 17.6 Å². The number of halogens is 4. The Morgan fingerprint density at radius 2 is 1.05 bits per heavy atom. The van der Waals surface area contributed by atoms with E-state index < -0.39 is 59.4 Å². The molecule has 2 amide bonds. The first kappa shape index (κ1) is 38.0. The summed E-state index contributed by atoms with van der Waals surface area (Å²) in [7, 11) is 0. The monoisotopic (exact) mass is 808 g/mol. The van der Waals surface area contributed by atoms with E-state index in [4.69, 9.17) is 9.47 Å². The zero-order chi connectivity index (χ0) is 39.5. The number of nitrogens with one attached hydrogen (secondary N) is 2. The van der Waals surface area contributed by atoms with Gasteiger partial charge in [-0.1, -0.05) is 0 Å². The third-order valence-electron chi connectivity index (χ3n) is 10.4. The fraction of sp³-hybridized carbons (Fsp3) is 0.182. The van der Waals surface area contributed by atoms with Gasteiger partial charge in [-0.25, -0.2) is 0 Å². The molecule has 2 aliphatic carbocycles. The minimum atomic E-state index is -5.34. The molecule has 2 N–H and O–H groups in total. The van der Waals surface area contributed by atoms with Crippen molar-refractivity contribution in [3.63, 3.8) is 0 Å². The van der Waals surface area contributed by atoms with Crippen molar-refractivity contribution in [3.05, 3.63) is 163 Å². The molecule has 2 aliphatic heterocycles. The molecule has 13 heteroatoms. The van der Waals surface area contributed by atoms with E-state index in [1.54, 1.807) is 85.0 Å². The van der Waals surface area contributed by atoms with Gasteiger partial charge in [0.2, 0.25) is 0 Å². The van der Waals surface area contributed by atoms with E-state index in [2.05, 4.69) is 20.6 Å². The molecule has 0 radical (unpaired) electrons. The van der Waals surface area contributed by atoms with Gasteiger partial charge >= 0.3 is 331 Å². The molecule has 0 aromatic heterocycles. The van der Waals surface area contributed by atoms with Crippen LogP contribution in [0, 0.1) is 23.3 Å². The molecule has 288 valence electrons. The summed E-state index contributed by atoms with van der Waals surface area (Å²) in [5.74, 6) is -4.69. The number of aliphatic imine (C=N–C) groups is 2. The van der Waals surface area contributed by atoms with E-state index in [0.29, 0.717) is 57.0 Å². The molecule has 2 heterocycles. The number of allylic oxidation sites excluding steroid dienone is 8. The molecule has 8 nitrogen and oxygen atoms in total. The summed E-state index contributed by atoms with van der Waals surface area (Å²) >= 11 is -5.34. The molecule has 8 rings (SSSR count). The Bertz CT molecular complexity index is 2320. The number of benzene rings is 4. The van der Waals surface area contributed by atoms with E-state index in [0.717, 1.165) is 24.3 Å². The Balaban J connectivity index is 1.23. The molecular weight excluding hydrogens is 772 g/mol. The van der Waals surface area contributed by atoms with Crippen LogP contribution >= 0.6 is 0 Å². The van der Waals surface area contributed by atoms with Crippen LogP contribution in [0.4, 0.5) is 28.9 Å². The van der Waals surface area contributed by atoms with Gasteiger partial charge in [-0.3, -0.25) is 0 Å². The maximum atomic E-state index is 17.5. The van der Waals surface area contributed by atoms with E-state index in [9.17, 15) is 9.59 Å². The van der Waals surface area contributed by atoms with Gasteiger partial charge in [-0.05, 0) is 0 Å². The first-order valence-corrected chi connectivity index (χ1v) is 21.7. The zero-order valence-corrected chi connectivity index (χ0v) is 32.1. The Kier molecular flexibility index (Phi) is 10.9. The maximum absolute atomic E-state index is 17.5. The van der Waals surface area contributed by atoms with Crippen LogP contribution in [0.25, 0.3) is 0 Å². The van der Waals surface area contributed by atoms with Gasteiger partial charge in [0.05, 0.1) is 0 Å². The van der Waals surface area contributed by atoms with Gasteiger partial charge in [0.25, 0.3) is 0 Å². The van der Waals surface area contributed by atoms with E-state index in [-0.39, 0.29) is 48.2 Å². The quantitative estimate of drug-likeness (QED) is 0.115. The van der Waals surface area contributed by atoms with E-state index in [1.165, 1.54) is 0 Å². The molecule has 4 aromatic carbocycles. The third-order valence-corrected chi connectivity index (χ3v) is 18.4.